The summed E-state index contributed by atoms with van der Waals surface area (Å²) in [4.78, 5) is 23.8. The van der Waals surface area contributed by atoms with E-state index in [1.807, 2.05) is 58.0 Å². The molecule has 3 rings (SSSR count). The average molecular weight is 561 g/mol. The third-order valence-electron chi connectivity index (χ3n) is 5.46. The van der Waals surface area contributed by atoms with Crippen molar-refractivity contribution < 1.29 is 43.1 Å². The summed E-state index contributed by atoms with van der Waals surface area (Å²) in [5.74, 6) is 0.267. The Balaban J connectivity index is 0.000000286. The topological polar surface area (TPSA) is 113 Å². The molecular weight excluding hydrogens is 516 g/mol. The molecule has 0 amide bonds. The van der Waals surface area contributed by atoms with Crippen molar-refractivity contribution in [2.45, 2.75) is 84.9 Å². The Morgan fingerprint density at radius 3 is 1.80 bits per heavy atom. The van der Waals surface area contributed by atoms with Gasteiger partial charge in [-0.05, 0) is 76.9 Å². The molecule has 2 aromatic rings. The van der Waals surface area contributed by atoms with Gasteiger partial charge < -0.3 is 33.5 Å². The number of esters is 2. The molecule has 9 heteroatoms. The number of hydrogen-bond acceptors (Lipinski definition) is 9. The number of rotatable bonds is 15. The average Bonchev–Trinajstić information content (AvgIpc) is 3.72. The maximum Gasteiger partial charge on any atom is 0.335 e. The predicted octanol–water partition coefficient (Wildman–Crippen LogP) is 4.65. The fourth-order valence-corrected chi connectivity index (χ4v) is 3.73. The number of phenolic OH excluding ortho intramolecular Hbond substituents is 1. The lowest BCUT2D eigenvalue weighted by Crippen LogP contribution is -2.31. The SMILES string of the molecule is CCOC(=O)[C@H](Cc1cccc(O)c1)OC(C)C.CCOC(=O)[C@H](Cc1cccc(OC[C@@H]2CO2)c1)OC(C)C. The first kappa shape index (κ1) is 33.1. The van der Waals surface area contributed by atoms with Gasteiger partial charge in [-0.2, -0.15) is 0 Å². The van der Waals surface area contributed by atoms with Crippen molar-refractivity contribution in [1.82, 2.24) is 0 Å². The van der Waals surface area contributed by atoms with Crippen molar-refractivity contribution in [2.24, 2.45) is 0 Å². The number of hydrogen-bond donors (Lipinski definition) is 1. The van der Waals surface area contributed by atoms with Crippen molar-refractivity contribution in [3.8, 4) is 11.5 Å². The number of benzene rings is 2. The highest BCUT2D eigenvalue weighted by atomic mass is 16.6. The van der Waals surface area contributed by atoms with Crippen LogP contribution in [0, 0.1) is 0 Å². The molecule has 222 valence electrons. The first-order valence-electron chi connectivity index (χ1n) is 13.9. The van der Waals surface area contributed by atoms with E-state index in [-0.39, 0.29) is 36.0 Å². The molecule has 1 saturated heterocycles. The van der Waals surface area contributed by atoms with E-state index < -0.39 is 12.2 Å². The Labute approximate surface area is 237 Å². The molecule has 1 aliphatic rings. The van der Waals surface area contributed by atoms with Gasteiger partial charge in [0.2, 0.25) is 0 Å². The van der Waals surface area contributed by atoms with Crippen molar-refractivity contribution in [2.75, 3.05) is 26.4 Å². The molecule has 0 spiro atoms. The Kier molecular flexibility index (Phi) is 14.5. The lowest BCUT2D eigenvalue weighted by Gasteiger charge is -2.19. The second-order valence-corrected chi connectivity index (χ2v) is 9.84. The molecule has 0 saturated carbocycles. The number of aromatic hydroxyl groups is 1. The monoisotopic (exact) mass is 560 g/mol. The van der Waals surface area contributed by atoms with Gasteiger partial charge in [0, 0.05) is 12.8 Å². The maximum atomic E-state index is 12.0. The normalized spacial score (nSPS) is 15.6. The van der Waals surface area contributed by atoms with Crippen LogP contribution in [-0.4, -0.2) is 74.0 Å². The van der Waals surface area contributed by atoms with Crippen LogP contribution in [0.25, 0.3) is 0 Å². The third kappa shape index (κ3) is 13.3. The molecule has 1 N–H and O–H groups in total. The van der Waals surface area contributed by atoms with Gasteiger partial charge in [0.25, 0.3) is 0 Å². The third-order valence-corrected chi connectivity index (χ3v) is 5.46. The zero-order chi connectivity index (χ0) is 29.5. The standard InChI is InChI=1S/C17H24O5.C14H20O4/c1-4-19-17(18)16(22-12(2)3)9-13-6-5-7-14(8-13)20-10-15-11-21-15;1-4-17-14(16)13(18-10(2)3)9-11-6-5-7-12(15)8-11/h5-8,12,15-16H,4,9-11H2,1-3H3;5-8,10,13,15H,4,9H2,1-3H3/t15-,16+;13-/m10/s1. The molecule has 40 heavy (non-hydrogen) atoms. The number of ether oxygens (including phenoxy) is 6. The maximum absolute atomic E-state index is 12.0. The molecule has 1 heterocycles. The van der Waals surface area contributed by atoms with Gasteiger partial charge in [-0.25, -0.2) is 9.59 Å². The smallest absolute Gasteiger partial charge is 0.335 e. The highest BCUT2D eigenvalue weighted by molar-refractivity contribution is 5.75. The molecule has 0 bridgehead atoms. The summed E-state index contributed by atoms with van der Waals surface area (Å²) >= 11 is 0. The molecule has 9 nitrogen and oxygen atoms in total. The van der Waals surface area contributed by atoms with Crippen LogP contribution < -0.4 is 4.74 Å². The van der Waals surface area contributed by atoms with Crippen LogP contribution in [0.4, 0.5) is 0 Å². The summed E-state index contributed by atoms with van der Waals surface area (Å²) in [5, 5.41) is 9.39. The van der Waals surface area contributed by atoms with Crippen molar-refractivity contribution in [3.05, 3.63) is 59.7 Å². The van der Waals surface area contributed by atoms with Gasteiger partial charge in [0.1, 0.15) is 24.2 Å². The van der Waals surface area contributed by atoms with Gasteiger partial charge in [0.05, 0.1) is 32.0 Å². The molecule has 1 aliphatic heterocycles. The first-order valence-corrected chi connectivity index (χ1v) is 13.9. The second-order valence-electron chi connectivity index (χ2n) is 9.84. The van der Waals surface area contributed by atoms with E-state index in [0.29, 0.717) is 32.7 Å². The van der Waals surface area contributed by atoms with Gasteiger partial charge in [-0.1, -0.05) is 24.3 Å². The summed E-state index contributed by atoms with van der Waals surface area (Å²) < 4.78 is 32.1. The van der Waals surface area contributed by atoms with Crippen molar-refractivity contribution in [3.63, 3.8) is 0 Å². The zero-order valence-electron chi connectivity index (χ0n) is 24.5. The Bertz CT molecular complexity index is 1030. The predicted molar refractivity (Wildman–Crippen MR) is 150 cm³/mol. The van der Waals surface area contributed by atoms with E-state index in [4.69, 9.17) is 28.4 Å². The lowest BCUT2D eigenvalue weighted by atomic mass is 10.1. The Hall–Kier alpha value is -3.14. The quantitative estimate of drug-likeness (QED) is 0.246. The highest BCUT2D eigenvalue weighted by Crippen LogP contribution is 2.19. The van der Waals surface area contributed by atoms with Crippen LogP contribution in [0.3, 0.4) is 0 Å². The summed E-state index contributed by atoms with van der Waals surface area (Å²) in [5.41, 5.74) is 1.82. The summed E-state index contributed by atoms with van der Waals surface area (Å²) in [6.45, 7) is 13.1. The van der Waals surface area contributed by atoms with Crippen LogP contribution in [0.5, 0.6) is 11.5 Å². The summed E-state index contributed by atoms with van der Waals surface area (Å²) in [6.07, 6.45) is -0.244. The number of carbonyl (C=O) groups excluding carboxylic acids is 2. The summed E-state index contributed by atoms with van der Waals surface area (Å²) in [6, 6.07) is 14.5. The van der Waals surface area contributed by atoms with E-state index >= 15 is 0 Å². The first-order chi connectivity index (χ1) is 19.1. The van der Waals surface area contributed by atoms with Gasteiger partial charge >= 0.3 is 11.9 Å². The minimum Gasteiger partial charge on any atom is -0.508 e. The van der Waals surface area contributed by atoms with Crippen molar-refractivity contribution in [1.29, 1.82) is 0 Å². The minimum atomic E-state index is -0.633. The molecule has 0 radical (unpaired) electrons. The molecule has 1 fully saturated rings. The van der Waals surface area contributed by atoms with Crippen LogP contribution in [-0.2, 0) is 46.1 Å². The second kappa shape index (κ2) is 17.5. The fraction of sp³-hybridized carbons (Fsp3) is 0.548. The molecule has 3 atom stereocenters. The van der Waals surface area contributed by atoms with Crippen LogP contribution in [0.15, 0.2) is 48.5 Å². The number of phenols is 1. The number of epoxide rings is 1. The minimum absolute atomic E-state index is 0.0409. The molecular formula is C31H44O9. The van der Waals surface area contributed by atoms with Crippen molar-refractivity contribution >= 4 is 11.9 Å². The molecule has 0 unspecified atom stereocenters. The summed E-state index contributed by atoms with van der Waals surface area (Å²) in [7, 11) is 0. The van der Waals surface area contributed by atoms with E-state index in [2.05, 4.69) is 0 Å². The van der Waals surface area contributed by atoms with Crippen LogP contribution in [0.2, 0.25) is 0 Å². The van der Waals surface area contributed by atoms with Gasteiger partial charge in [0.15, 0.2) is 12.2 Å². The molecule has 0 aromatic heterocycles. The zero-order valence-corrected chi connectivity index (χ0v) is 24.5. The van der Waals surface area contributed by atoms with Gasteiger partial charge in [-0.15, -0.1) is 0 Å². The van der Waals surface area contributed by atoms with E-state index in [1.165, 1.54) is 0 Å². The van der Waals surface area contributed by atoms with Crippen LogP contribution >= 0.6 is 0 Å². The van der Waals surface area contributed by atoms with Crippen LogP contribution in [0.1, 0.15) is 52.7 Å². The van der Waals surface area contributed by atoms with E-state index in [1.54, 1.807) is 32.0 Å². The number of carbonyl (C=O) groups is 2. The highest BCUT2D eigenvalue weighted by Gasteiger charge is 2.25. The van der Waals surface area contributed by atoms with E-state index in [0.717, 1.165) is 23.5 Å². The fourth-order valence-electron chi connectivity index (χ4n) is 3.73. The Morgan fingerprint density at radius 1 is 0.850 bits per heavy atom. The largest absolute Gasteiger partial charge is 0.508 e. The lowest BCUT2D eigenvalue weighted by molar-refractivity contribution is -0.160. The molecule has 2 aromatic carbocycles. The van der Waals surface area contributed by atoms with E-state index in [9.17, 15) is 14.7 Å². The van der Waals surface area contributed by atoms with Gasteiger partial charge in [-0.3, -0.25) is 0 Å². The Morgan fingerprint density at radius 2 is 1.35 bits per heavy atom. The molecule has 0 aliphatic carbocycles.